The van der Waals surface area contributed by atoms with Gasteiger partial charge in [-0.1, -0.05) is 23.7 Å². The van der Waals surface area contributed by atoms with E-state index in [0.717, 1.165) is 5.69 Å². The molecule has 4 heteroatoms. The molecule has 14 heavy (non-hydrogen) atoms. The average molecular weight is 204 g/mol. The summed E-state index contributed by atoms with van der Waals surface area (Å²) in [5.41, 5.74) is 1.24. The summed E-state index contributed by atoms with van der Waals surface area (Å²) in [4.78, 5) is 3.89. The number of halogens is 1. The van der Waals surface area contributed by atoms with Gasteiger partial charge in [0, 0.05) is 0 Å². The van der Waals surface area contributed by atoms with E-state index in [-0.39, 0.29) is 0 Å². The summed E-state index contributed by atoms with van der Waals surface area (Å²) >= 11 is 5.99. The van der Waals surface area contributed by atoms with Gasteiger partial charge in [0.2, 0.25) is 0 Å². The van der Waals surface area contributed by atoms with Crippen LogP contribution in [0.25, 0.3) is 5.69 Å². The van der Waals surface area contributed by atoms with Gasteiger partial charge in [0.1, 0.15) is 18.1 Å². The lowest BCUT2D eigenvalue weighted by Gasteiger charge is -2.04. The Morgan fingerprint density at radius 1 is 1.36 bits per heavy atom. The predicted octanol–water partition coefficient (Wildman–Crippen LogP) is 2.40. The highest BCUT2D eigenvalue weighted by molar-refractivity contribution is 6.32. The molecule has 2 rings (SSSR count). The SMILES string of the molecule is N#Cc1cncn1-c1ccccc1Cl. The second kappa shape index (κ2) is 3.52. The number of para-hydroxylation sites is 1. The summed E-state index contributed by atoms with van der Waals surface area (Å²) in [6.07, 6.45) is 3.07. The van der Waals surface area contributed by atoms with Crippen LogP contribution >= 0.6 is 11.6 Å². The van der Waals surface area contributed by atoms with Gasteiger partial charge < -0.3 is 0 Å². The molecule has 1 heterocycles. The van der Waals surface area contributed by atoms with E-state index in [4.69, 9.17) is 16.9 Å². The van der Waals surface area contributed by atoms with Crippen molar-refractivity contribution in [3.63, 3.8) is 0 Å². The molecule has 3 nitrogen and oxygen atoms in total. The van der Waals surface area contributed by atoms with Crippen LogP contribution in [-0.2, 0) is 0 Å². The highest BCUT2D eigenvalue weighted by Crippen LogP contribution is 2.20. The van der Waals surface area contributed by atoms with Gasteiger partial charge in [-0.05, 0) is 12.1 Å². The molecule has 0 saturated heterocycles. The first-order chi connectivity index (χ1) is 6.83. The highest BCUT2D eigenvalue weighted by Gasteiger charge is 2.05. The number of aromatic nitrogens is 2. The fourth-order valence-corrected chi connectivity index (χ4v) is 1.44. The van der Waals surface area contributed by atoms with Gasteiger partial charge in [0.05, 0.1) is 16.9 Å². The third-order valence-electron chi connectivity index (χ3n) is 1.87. The maximum Gasteiger partial charge on any atom is 0.144 e. The van der Waals surface area contributed by atoms with Crippen molar-refractivity contribution >= 4 is 11.6 Å². The number of nitriles is 1. The number of nitrogens with zero attached hydrogens (tertiary/aromatic N) is 3. The fraction of sp³-hybridized carbons (Fsp3) is 0. The Labute approximate surface area is 86.2 Å². The monoisotopic (exact) mass is 203 g/mol. The summed E-state index contributed by atoms with van der Waals surface area (Å²) in [6, 6.07) is 9.36. The van der Waals surface area contributed by atoms with Crippen molar-refractivity contribution in [3.05, 3.63) is 47.5 Å². The molecule has 1 aromatic carbocycles. The van der Waals surface area contributed by atoms with Crippen molar-refractivity contribution < 1.29 is 0 Å². The number of hydrogen-bond acceptors (Lipinski definition) is 2. The van der Waals surface area contributed by atoms with Crippen molar-refractivity contribution in [1.29, 1.82) is 5.26 Å². The Bertz CT molecular complexity index is 496. The number of hydrogen-bond donors (Lipinski definition) is 0. The van der Waals surface area contributed by atoms with Crippen molar-refractivity contribution in [1.82, 2.24) is 9.55 Å². The Morgan fingerprint density at radius 3 is 2.86 bits per heavy atom. The smallest absolute Gasteiger partial charge is 0.144 e. The van der Waals surface area contributed by atoms with Crippen LogP contribution in [0.3, 0.4) is 0 Å². The van der Waals surface area contributed by atoms with Crippen LogP contribution in [0.1, 0.15) is 5.69 Å². The molecule has 0 aliphatic rings. The molecular weight excluding hydrogens is 198 g/mol. The molecule has 0 amide bonds. The van der Waals surface area contributed by atoms with E-state index < -0.39 is 0 Å². The Morgan fingerprint density at radius 2 is 2.14 bits per heavy atom. The third kappa shape index (κ3) is 1.36. The van der Waals surface area contributed by atoms with E-state index >= 15 is 0 Å². The Hall–Kier alpha value is -1.79. The van der Waals surface area contributed by atoms with E-state index in [1.54, 1.807) is 17.0 Å². The molecule has 68 valence electrons. The Kier molecular flexibility index (Phi) is 2.21. The van der Waals surface area contributed by atoms with Crippen LogP contribution < -0.4 is 0 Å². The molecule has 0 radical (unpaired) electrons. The van der Waals surface area contributed by atoms with E-state index in [2.05, 4.69) is 4.98 Å². The lowest BCUT2D eigenvalue weighted by Crippen LogP contribution is -1.95. The van der Waals surface area contributed by atoms with Crippen LogP contribution in [0, 0.1) is 11.3 Å². The Balaban J connectivity index is 2.62. The first-order valence-electron chi connectivity index (χ1n) is 4.00. The molecule has 0 fully saturated rings. The van der Waals surface area contributed by atoms with Gasteiger partial charge in [-0.3, -0.25) is 4.57 Å². The zero-order valence-electron chi connectivity index (χ0n) is 7.18. The summed E-state index contributed by atoms with van der Waals surface area (Å²) < 4.78 is 1.66. The standard InChI is InChI=1S/C10H6ClN3/c11-9-3-1-2-4-10(9)14-7-13-6-8(14)5-12/h1-4,6-7H. The molecular formula is C10H6ClN3. The topological polar surface area (TPSA) is 41.6 Å². The predicted molar refractivity (Wildman–Crippen MR) is 53.3 cm³/mol. The summed E-state index contributed by atoms with van der Waals surface area (Å²) in [6.45, 7) is 0. The minimum Gasteiger partial charge on any atom is -0.289 e. The van der Waals surface area contributed by atoms with Crippen LogP contribution in [-0.4, -0.2) is 9.55 Å². The van der Waals surface area contributed by atoms with E-state index in [1.165, 1.54) is 6.20 Å². The molecule has 0 aliphatic heterocycles. The van der Waals surface area contributed by atoms with E-state index in [0.29, 0.717) is 10.7 Å². The summed E-state index contributed by atoms with van der Waals surface area (Å²) in [7, 11) is 0. The van der Waals surface area contributed by atoms with Gasteiger partial charge in [-0.25, -0.2) is 4.98 Å². The van der Waals surface area contributed by atoms with Gasteiger partial charge in [-0.2, -0.15) is 5.26 Å². The molecule has 0 unspecified atom stereocenters. The van der Waals surface area contributed by atoms with E-state index in [1.807, 2.05) is 24.3 Å². The van der Waals surface area contributed by atoms with Crippen molar-refractivity contribution in [2.75, 3.05) is 0 Å². The van der Waals surface area contributed by atoms with E-state index in [9.17, 15) is 0 Å². The third-order valence-corrected chi connectivity index (χ3v) is 2.18. The van der Waals surface area contributed by atoms with Gasteiger partial charge in [0.25, 0.3) is 0 Å². The molecule has 1 aromatic heterocycles. The number of rotatable bonds is 1. The summed E-state index contributed by atoms with van der Waals surface area (Å²) in [5, 5.41) is 9.40. The van der Waals surface area contributed by atoms with Crippen molar-refractivity contribution in [2.24, 2.45) is 0 Å². The van der Waals surface area contributed by atoms with Crippen LogP contribution in [0.5, 0.6) is 0 Å². The fourth-order valence-electron chi connectivity index (χ4n) is 1.22. The van der Waals surface area contributed by atoms with Crippen LogP contribution in [0.4, 0.5) is 0 Å². The largest absolute Gasteiger partial charge is 0.289 e. The minimum absolute atomic E-state index is 0.470. The highest BCUT2D eigenvalue weighted by atomic mass is 35.5. The summed E-state index contributed by atoms with van der Waals surface area (Å²) in [5.74, 6) is 0. The second-order valence-corrected chi connectivity index (χ2v) is 3.12. The molecule has 0 bridgehead atoms. The van der Waals surface area contributed by atoms with Crippen LogP contribution in [0.15, 0.2) is 36.8 Å². The molecule has 0 atom stereocenters. The zero-order valence-corrected chi connectivity index (χ0v) is 7.94. The average Bonchev–Trinajstić information content (AvgIpc) is 2.66. The molecule has 2 aromatic rings. The van der Waals surface area contributed by atoms with Crippen molar-refractivity contribution in [3.8, 4) is 11.8 Å². The second-order valence-electron chi connectivity index (χ2n) is 2.71. The first kappa shape index (κ1) is 8.79. The number of benzene rings is 1. The minimum atomic E-state index is 0.470. The number of imidazole rings is 1. The van der Waals surface area contributed by atoms with Crippen molar-refractivity contribution in [2.45, 2.75) is 0 Å². The molecule has 0 saturated carbocycles. The van der Waals surface area contributed by atoms with Gasteiger partial charge in [-0.15, -0.1) is 0 Å². The maximum absolute atomic E-state index is 8.81. The maximum atomic E-state index is 8.81. The molecule has 0 spiro atoms. The lowest BCUT2D eigenvalue weighted by atomic mass is 10.3. The van der Waals surface area contributed by atoms with Gasteiger partial charge in [0.15, 0.2) is 0 Å². The molecule has 0 N–H and O–H groups in total. The molecule has 0 aliphatic carbocycles. The van der Waals surface area contributed by atoms with Crippen LogP contribution in [0.2, 0.25) is 5.02 Å². The normalized spacial score (nSPS) is 9.71. The van der Waals surface area contributed by atoms with Gasteiger partial charge >= 0.3 is 0 Å². The lowest BCUT2D eigenvalue weighted by molar-refractivity contribution is 1.04. The quantitative estimate of drug-likeness (QED) is 0.714. The first-order valence-corrected chi connectivity index (χ1v) is 4.38. The zero-order chi connectivity index (χ0) is 9.97.